The molecule has 1 aromatic carbocycles. The van der Waals surface area contributed by atoms with Crippen LogP contribution in [0.25, 0.3) is 0 Å². The molecular formula is C23H31N9O3. The minimum atomic E-state index is -0.281. The number of nitrogens with zero attached hydrogens (tertiary/aromatic N) is 5. The van der Waals surface area contributed by atoms with Gasteiger partial charge in [-0.25, -0.2) is 19.6 Å². The SMILES string of the molecule is CCNC(=O)N1CCO/N=C/c2c(N)ncnc2N2CCC(C2)NC(=O)Nc2ccc(cc2)C1C. The number of rotatable bonds is 1. The first-order chi connectivity index (χ1) is 17.0. The Hall–Kier alpha value is -4.09. The smallest absolute Gasteiger partial charge is 0.319 e. The molecule has 0 saturated carbocycles. The molecule has 12 heteroatoms. The molecule has 1 fully saturated rings. The third kappa shape index (κ3) is 5.70. The largest absolute Gasteiger partial charge is 0.394 e. The van der Waals surface area contributed by atoms with Gasteiger partial charge in [0.15, 0.2) is 0 Å². The van der Waals surface area contributed by atoms with Gasteiger partial charge in [0.05, 0.1) is 24.4 Å². The van der Waals surface area contributed by atoms with Crippen LogP contribution < -0.4 is 26.6 Å². The monoisotopic (exact) mass is 481 g/mol. The molecule has 5 N–H and O–H groups in total. The van der Waals surface area contributed by atoms with Crippen LogP contribution in [-0.2, 0) is 4.84 Å². The van der Waals surface area contributed by atoms with Crippen molar-refractivity contribution in [3.63, 3.8) is 0 Å². The Morgan fingerprint density at radius 1 is 1.26 bits per heavy atom. The van der Waals surface area contributed by atoms with Gasteiger partial charge in [0.25, 0.3) is 0 Å². The summed E-state index contributed by atoms with van der Waals surface area (Å²) < 4.78 is 0. The fraction of sp³-hybridized carbons (Fsp3) is 0.435. The van der Waals surface area contributed by atoms with Crippen LogP contribution >= 0.6 is 0 Å². The van der Waals surface area contributed by atoms with Crippen molar-refractivity contribution in [2.75, 3.05) is 48.7 Å². The third-order valence-corrected chi connectivity index (χ3v) is 6.10. The van der Waals surface area contributed by atoms with Gasteiger partial charge in [-0.3, -0.25) is 0 Å². The van der Waals surface area contributed by atoms with Crippen LogP contribution in [0.5, 0.6) is 0 Å². The van der Waals surface area contributed by atoms with Crippen molar-refractivity contribution in [3.05, 3.63) is 41.7 Å². The summed E-state index contributed by atoms with van der Waals surface area (Å²) in [5.41, 5.74) is 8.23. The molecule has 1 saturated heterocycles. The topological polar surface area (TPSA) is 150 Å². The minimum absolute atomic E-state index is 0.0563. The van der Waals surface area contributed by atoms with Gasteiger partial charge in [0, 0.05) is 31.4 Å². The van der Waals surface area contributed by atoms with E-state index < -0.39 is 0 Å². The van der Waals surface area contributed by atoms with Crippen LogP contribution in [0, 0.1) is 0 Å². The zero-order chi connectivity index (χ0) is 24.8. The van der Waals surface area contributed by atoms with E-state index in [1.54, 1.807) is 4.90 Å². The molecule has 12 nitrogen and oxygen atoms in total. The Morgan fingerprint density at radius 2 is 2.06 bits per heavy atom. The highest BCUT2D eigenvalue weighted by molar-refractivity contribution is 5.92. The lowest BCUT2D eigenvalue weighted by molar-refractivity contribution is 0.106. The van der Waals surface area contributed by atoms with E-state index in [-0.39, 0.29) is 36.6 Å². The van der Waals surface area contributed by atoms with Crippen LogP contribution in [0.15, 0.2) is 35.7 Å². The summed E-state index contributed by atoms with van der Waals surface area (Å²) in [7, 11) is 0. The number of carbonyl (C=O) groups excluding carboxylic acids is 2. The van der Waals surface area contributed by atoms with Gasteiger partial charge >= 0.3 is 12.1 Å². The second-order valence-corrected chi connectivity index (χ2v) is 8.42. The van der Waals surface area contributed by atoms with E-state index in [0.29, 0.717) is 43.2 Å². The maximum absolute atomic E-state index is 12.7. The number of nitrogens with two attached hydrogens (primary N) is 1. The first kappa shape index (κ1) is 24.0. The highest BCUT2D eigenvalue weighted by Gasteiger charge is 2.27. The van der Waals surface area contributed by atoms with Gasteiger partial charge in [-0.2, -0.15) is 0 Å². The maximum Gasteiger partial charge on any atom is 0.319 e. The van der Waals surface area contributed by atoms with Crippen LogP contribution in [0.4, 0.5) is 26.9 Å². The summed E-state index contributed by atoms with van der Waals surface area (Å²) in [6, 6.07) is 6.68. The molecule has 0 aliphatic carbocycles. The number of benzene rings is 1. The van der Waals surface area contributed by atoms with E-state index in [2.05, 4.69) is 31.1 Å². The Kier molecular flexibility index (Phi) is 7.48. The van der Waals surface area contributed by atoms with Crippen LogP contribution in [-0.4, -0.2) is 72.0 Å². The quantitative estimate of drug-likeness (QED) is 0.486. The van der Waals surface area contributed by atoms with E-state index >= 15 is 0 Å². The highest BCUT2D eigenvalue weighted by atomic mass is 16.6. The predicted octanol–water partition coefficient (Wildman–Crippen LogP) is 1.92. The van der Waals surface area contributed by atoms with Crippen molar-refractivity contribution >= 4 is 35.6 Å². The summed E-state index contributed by atoms with van der Waals surface area (Å²) in [5.74, 6) is 0.904. The van der Waals surface area contributed by atoms with E-state index in [1.165, 1.54) is 12.5 Å². The average molecular weight is 482 g/mol. The van der Waals surface area contributed by atoms with Crippen molar-refractivity contribution in [3.8, 4) is 0 Å². The molecular weight excluding hydrogens is 450 g/mol. The first-order valence-electron chi connectivity index (χ1n) is 11.7. The zero-order valence-electron chi connectivity index (χ0n) is 19.9. The van der Waals surface area contributed by atoms with Crippen LogP contribution in [0.2, 0.25) is 0 Å². The van der Waals surface area contributed by atoms with Crippen molar-refractivity contribution in [2.45, 2.75) is 32.4 Å². The molecule has 3 aliphatic heterocycles. The molecule has 0 radical (unpaired) electrons. The number of hydrogen-bond donors (Lipinski definition) is 4. The maximum atomic E-state index is 12.7. The average Bonchev–Trinajstić information content (AvgIpc) is 3.29. The fourth-order valence-corrected chi connectivity index (χ4v) is 4.23. The number of nitrogens with one attached hydrogen (secondary N) is 3. The van der Waals surface area contributed by atoms with Gasteiger partial charge < -0.3 is 36.3 Å². The number of carbonyl (C=O) groups is 2. The number of oxime groups is 1. The second kappa shape index (κ2) is 10.9. The summed E-state index contributed by atoms with van der Waals surface area (Å²) in [4.78, 5) is 43.0. The lowest BCUT2D eigenvalue weighted by Crippen LogP contribution is -2.43. The van der Waals surface area contributed by atoms with E-state index in [4.69, 9.17) is 10.6 Å². The number of hydrogen-bond acceptors (Lipinski definition) is 8. The Balaban J connectivity index is 1.61. The summed E-state index contributed by atoms with van der Waals surface area (Å²) >= 11 is 0. The fourth-order valence-electron chi connectivity index (χ4n) is 4.23. The summed E-state index contributed by atoms with van der Waals surface area (Å²) in [6.07, 6.45) is 3.65. The molecule has 5 rings (SSSR count). The number of amides is 4. The highest BCUT2D eigenvalue weighted by Crippen LogP contribution is 2.25. The molecule has 1 aromatic heterocycles. The van der Waals surface area contributed by atoms with Gasteiger partial charge in [-0.1, -0.05) is 17.3 Å². The second-order valence-electron chi connectivity index (χ2n) is 8.42. The van der Waals surface area contributed by atoms with Crippen molar-refractivity contribution < 1.29 is 14.4 Å². The normalized spacial score (nSPS) is 21.5. The molecule has 35 heavy (non-hydrogen) atoms. The lowest BCUT2D eigenvalue weighted by Gasteiger charge is -2.29. The van der Waals surface area contributed by atoms with E-state index in [0.717, 1.165) is 12.0 Å². The molecule has 2 aromatic rings. The van der Waals surface area contributed by atoms with E-state index in [9.17, 15) is 9.59 Å². The van der Waals surface area contributed by atoms with Gasteiger partial charge in [-0.05, 0) is 38.0 Å². The lowest BCUT2D eigenvalue weighted by atomic mass is 10.1. The summed E-state index contributed by atoms with van der Waals surface area (Å²) in [6.45, 7) is 6.08. The Labute approximate surface area is 203 Å². The van der Waals surface area contributed by atoms with Crippen LogP contribution in [0.3, 0.4) is 0 Å². The number of aromatic nitrogens is 2. The number of urea groups is 2. The molecule has 4 heterocycles. The van der Waals surface area contributed by atoms with Crippen molar-refractivity contribution in [1.29, 1.82) is 0 Å². The molecule has 4 amide bonds. The standard InChI is InChI=1S/C23H31N9O3/c1-3-25-23(34)32-10-11-35-28-12-19-20(24)26-14-27-21(19)31-9-8-18(13-31)30-22(33)29-17-6-4-16(5-7-17)15(32)2/h4-7,12,14-15,18H,3,8-11,13H2,1-2H3,(H,25,34)(H2,24,26,27)(H2,29,30,33)/b28-12+. The van der Waals surface area contributed by atoms with Gasteiger partial charge in [0.1, 0.15) is 24.6 Å². The first-order valence-corrected chi connectivity index (χ1v) is 11.7. The Morgan fingerprint density at radius 3 is 2.83 bits per heavy atom. The summed E-state index contributed by atoms with van der Waals surface area (Å²) in [5, 5.41) is 12.8. The number of fused-ring (bicyclic) bond motifs is 9. The minimum Gasteiger partial charge on any atom is -0.394 e. The van der Waals surface area contributed by atoms with Crippen molar-refractivity contribution in [2.24, 2.45) is 5.16 Å². The zero-order valence-corrected chi connectivity index (χ0v) is 19.9. The Bertz CT molecular complexity index is 1080. The van der Waals surface area contributed by atoms with Crippen molar-refractivity contribution in [1.82, 2.24) is 25.5 Å². The number of nitrogen functional groups attached to an aromatic ring is 1. The van der Waals surface area contributed by atoms with Gasteiger partial charge in [0.2, 0.25) is 0 Å². The molecule has 2 unspecified atom stereocenters. The van der Waals surface area contributed by atoms with Gasteiger partial charge in [-0.15, -0.1) is 0 Å². The number of anilines is 3. The predicted molar refractivity (Wildman–Crippen MR) is 133 cm³/mol. The molecule has 2 atom stereocenters. The van der Waals surface area contributed by atoms with E-state index in [1.807, 2.05) is 43.0 Å². The third-order valence-electron chi connectivity index (χ3n) is 6.10. The molecule has 186 valence electrons. The van der Waals surface area contributed by atoms with Crippen LogP contribution in [0.1, 0.15) is 37.4 Å². The molecule has 3 aliphatic rings. The molecule has 4 bridgehead atoms. The molecule has 0 spiro atoms.